The van der Waals surface area contributed by atoms with Crippen LogP contribution in [0.25, 0.3) is 22.5 Å². The van der Waals surface area contributed by atoms with Gasteiger partial charge in [-0.15, -0.1) is 0 Å². The van der Waals surface area contributed by atoms with Gasteiger partial charge in [-0.3, -0.25) is 4.79 Å². The number of carbonyl (C=O) groups excluding carboxylic acids is 1. The molecule has 1 fully saturated rings. The molecule has 2 aromatic carbocycles. The first kappa shape index (κ1) is 19.9. The molecule has 0 spiro atoms. The first-order valence-corrected chi connectivity index (χ1v) is 9.87. The maximum Gasteiger partial charge on any atom is 0.256 e. The molecule has 0 unspecified atom stereocenters. The van der Waals surface area contributed by atoms with Crippen molar-refractivity contribution in [3.05, 3.63) is 66.2 Å². The summed E-state index contributed by atoms with van der Waals surface area (Å²) >= 11 is 0. The van der Waals surface area contributed by atoms with E-state index in [2.05, 4.69) is 0 Å². The molecule has 0 N–H and O–H groups in total. The molecule has 1 aliphatic heterocycles. The fourth-order valence-electron chi connectivity index (χ4n) is 3.54. The normalized spacial score (nSPS) is 13.7. The van der Waals surface area contributed by atoms with E-state index in [1.165, 1.54) is 0 Å². The summed E-state index contributed by atoms with van der Waals surface area (Å²) in [4.78, 5) is 20.0. The zero-order chi connectivity index (χ0) is 20.9. The third-order valence-electron chi connectivity index (χ3n) is 5.15. The second-order valence-electron chi connectivity index (χ2n) is 6.93. The van der Waals surface area contributed by atoms with Gasteiger partial charge in [0.05, 0.1) is 44.4 Å². The Labute approximate surface area is 176 Å². The first-order valence-electron chi connectivity index (χ1n) is 9.87. The standard InChI is InChI=1S/C24H24N2O4/c1-28-21-11-8-18(16-22(21)29-2)23-19(24(27)26-12-14-30-15-13-26)9-10-20(25-23)17-6-4-3-5-7-17/h3-11,16H,12-15H2,1-2H3. The van der Waals surface area contributed by atoms with Crippen LogP contribution in [-0.4, -0.2) is 56.3 Å². The van der Waals surface area contributed by atoms with Crippen LogP contribution in [0.2, 0.25) is 0 Å². The molecule has 0 bridgehead atoms. The van der Waals surface area contributed by atoms with E-state index in [4.69, 9.17) is 19.2 Å². The smallest absolute Gasteiger partial charge is 0.256 e. The number of ether oxygens (including phenoxy) is 3. The maximum absolute atomic E-state index is 13.3. The largest absolute Gasteiger partial charge is 0.493 e. The molecule has 3 aromatic rings. The number of methoxy groups -OCH3 is 2. The Balaban J connectivity index is 1.83. The van der Waals surface area contributed by atoms with Crippen molar-refractivity contribution in [2.24, 2.45) is 0 Å². The lowest BCUT2D eigenvalue weighted by Crippen LogP contribution is -2.41. The van der Waals surface area contributed by atoms with Crippen molar-refractivity contribution >= 4 is 5.91 Å². The van der Waals surface area contributed by atoms with Crippen LogP contribution in [-0.2, 0) is 4.74 Å². The summed E-state index contributed by atoms with van der Waals surface area (Å²) < 4.78 is 16.2. The topological polar surface area (TPSA) is 60.9 Å². The van der Waals surface area contributed by atoms with Crippen LogP contribution in [0.4, 0.5) is 0 Å². The average Bonchev–Trinajstić information content (AvgIpc) is 2.84. The molecular weight excluding hydrogens is 380 g/mol. The lowest BCUT2D eigenvalue weighted by Gasteiger charge is -2.27. The fraction of sp³-hybridized carbons (Fsp3) is 0.250. The molecule has 1 amide bonds. The second-order valence-corrected chi connectivity index (χ2v) is 6.93. The molecule has 6 nitrogen and oxygen atoms in total. The number of nitrogens with zero attached hydrogens (tertiary/aromatic N) is 2. The highest BCUT2D eigenvalue weighted by Crippen LogP contribution is 2.34. The summed E-state index contributed by atoms with van der Waals surface area (Å²) in [6, 6.07) is 19.3. The lowest BCUT2D eigenvalue weighted by atomic mass is 10.0. The van der Waals surface area contributed by atoms with Crippen molar-refractivity contribution in [2.75, 3.05) is 40.5 Å². The third-order valence-corrected chi connectivity index (χ3v) is 5.15. The number of rotatable bonds is 5. The van der Waals surface area contributed by atoms with Crippen molar-refractivity contribution in [1.29, 1.82) is 0 Å². The van der Waals surface area contributed by atoms with E-state index in [9.17, 15) is 4.79 Å². The summed E-state index contributed by atoms with van der Waals surface area (Å²) in [6.45, 7) is 2.25. The van der Waals surface area contributed by atoms with E-state index in [-0.39, 0.29) is 5.91 Å². The zero-order valence-corrected chi connectivity index (χ0v) is 17.1. The summed E-state index contributed by atoms with van der Waals surface area (Å²) in [6.07, 6.45) is 0. The van der Waals surface area contributed by atoms with E-state index < -0.39 is 0 Å². The van der Waals surface area contributed by atoms with Crippen LogP contribution in [0, 0.1) is 0 Å². The summed E-state index contributed by atoms with van der Waals surface area (Å²) in [7, 11) is 3.19. The highest BCUT2D eigenvalue weighted by Gasteiger charge is 2.23. The lowest BCUT2D eigenvalue weighted by molar-refractivity contribution is 0.0303. The first-order chi connectivity index (χ1) is 14.7. The predicted octanol–water partition coefficient (Wildman–Crippen LogP) is 3.91. The quantitative estimate of drug-likeness (QED) is 0.645. The average molecular weight is 404 g/mol. The van der Waals surface area contributed by atoms with Gasteiger partial charge in [0, 0.05) is 24.2 Å². The molecule has 2 heterocycles. The van der Waals surface area contributed by atoms with E-state index in [1.54, 1.807) is 14.2 Å². The monoisotopic (exact) mass is 404 g/mol. The second kappa shape index (κ2) is 8.97. The minimum atomic E-state index is -0.0461. The number of hydrogen-bond donors (Lipinski definition) is 0. The van der Waals surface area contributed by atoms with Crippen LogP contribution in [0.1, 0.15) is 10.4 Å². The molecule has 0 saturated carbocycles. The Hall–Kier alpha value is -3.38. The molecule has 1 saturated heterocycles. The molecule has 4 rings (SSSR count). The molecule has 0 aliphatic carbocycles. The predicted molar refractivity (Wildman–Crippen MR) is 115 cm³/mol. The molecule has 30 heavy (non-hydrogen) atoms. The molecule has 6 heteroatoms. The molecule has 0 radical (unpaired) electrons. The van der Waals surface area contributed by atoms with E-state index in [0.29, 0.717) is 49.1 Å². The van der Waals surface area contributed by atoms with E-state index in [0.717, 1.165) is 16.8 Å². The molecular formula is C24H24N2O4. The number of benzene rings is 2. The van der Waals surface area contributed by atoms with Gasteiger partial charge in [0.1, 0.15) is 0 Å². The van der Waals surface area contributed by atoms with E-state index >= 15 is 0 Å². The Kier molecular flexibility index (Phi) is 5.95. The Morgan fingerprint density at radius 1 is 0.900 bits per heavy atom. The van der Waals surface area contributed by atoms with Crippen molar-refractivity contribution in [3.63, 3.8) is 0 Å². The molecule has 0 atom stereocenters. The minimum absolute atomic E-state index is 0.0461. The van der Waals surface area contributed by atoms with Crippen molar-refractivity contribution in [2.45, 2.75) is 0 Å². The molecule has 1 aromatic heterocycles. The van der Waals surface area contributed by atoms with Crippen molar-refractivity contribution < 1.29 is 19.0 Å². The van der Waals surface area contributed by atoms with Gasteiger partial charge in [0.2, 0.25) is 0 Å². The van der Waals surface area contributed by atoms with Crippen LogP contribution in [0.15, 0.2) is 60.7 Å². The number of amides is 1. The van der Waals surface area contributed by atoms with Crippen molar-refractivity contribution in [1.82, 2.24) is 9.88 Å². The number of hydrogen-bond acceptors (Lipinski definition) is 5. The van der Waals surface area contributed by atoms with Crippen LogP contribution >= 0.6 is 0 Å². The fourth-order valence-corrected chi connectivity index (χ4v) is 3.54. The van der Waals surface area contributed by atoms with Gasteiger partial charge in [-0.25, -0.2) is 4.98 Å². The number of pyridine rings is 1. The maximum atomic E-state index is 13.3. The zero-order valence-electron chi connectivity index (χ0n) is 17.1. The van der Waals surface area contributed by atoms with Gasteiger partial charge >= 0.3 is 0 Å². The summed E-state index contributed by atoms with van der Waals surface area (Å²) in [5.41, 5.74) is 3.77. The van der Waals surface area contributed by atoms with Crippen molar-refractivity contribution in [3.8, 4) is 34.0 Å². The van der Waals surface area contributed by atoms with E-state index in [1.807, 2.05) is 65.6 Å². The van der Waals surface area contributed by atoms with Gasteiger partial charge in [-0.05, 0) is 30.3 Å². The number of carbonyl (C=O) groups is 1. The SMILES string of the molecule is COc1ccc(-c2nc(-c3ccccc3)ccc2C(=O)N2CCOCC2)cc1OC. The van der Waals surface area contributed by atoms with Crippen LogP contribution < -0.4 is 9.47 Å². The molecule has 154 valence electrons. The molecule has 1 aliphatic rings. The van der Waals surface area contributed by atoms with Gasteiger partial charge < -0.3 is 19.1 Å². The van der Waals surface area contributed by atoms with Gasteiger partial charge in [0.25, 0.3) is 5.91 Å². The summed E-state index contributed by atoms with van der Waals surface area (Å²) in [5.74, 6) is 1.17. The van der Waals surface area contributed by atoms with Gasteiger partial charge in [-0.2, -0.15) is 0 Å². The Morgan fingerprint density at radius 2 is 1.63 bits per heavy atom. The summed E-state index contributed by atoms with van der Waals surface area (Å²) in [5, 5.41) is 0. The number of aromatic nitrogens is 1. The number of morpholine rings is 1. The highest BCUT2D eigenvalue weighted by atomic mass is 16.5. The Morgan fingerprint density at radius 3 is 2.33 bits per heavy atom. The van der Waals surface area contributed by atoms with Gasteiger partial charge in [0.15, 0.2) is 11.5 Å². The highest BCUT2D eigenvalue weighted by molar-refractivity contribution is 6.00. The minimum Gasteiger partial charge on any atom is -0.493 e. The Bertz CT molecular complexity index is 1030. The van der Waals surface area contributed by atoms with Crippen LogP contribution in [0.5, 0.6) is 11.5 Å². The third kappa shape index (κ3) is 4.00. The van der Waals surface area contributed by atoms with Crippen LogP contribution in [0.3, 0.4) is 0 Å². The van der Waals surface area contributed by atoms with Gasteiger partial charge in [-0.1, -0.05) is 30.3 Å².